The van der Waals surface area contributed by atoms with E-state index in [0.717, 1.165) is 36.9 Å². The van der Waals surface area contributed by atoms with Gasteiger partial charge in [0.25, 0.3) is 0 Å². The molecule has 0 spiro atoms. The Labute approximate surface area is 214 Å². The molecule has 2 unspecified atom stereocenters. The van der Waals surface area contributed by atoms with E-state index in [-0.39, 0.29) is 29.2 Å². The summed E-state index contributed by atoms with van der Waals surface area (Å²) in [7, 11) is 0. The molecule has 1 aliphatic rings. The molecule has 0 aromatic heterocycles. The highest BCUT2D eigenvalue weighted by Gasteiger charge is 2.44. The number of amides is 1. The lowest BCUT2D eigenvalue weighted by Crippen LogP contribution is -2.56. The number of hydrogen-bond donors (Lipinski definition) is 1. The molecule has 1 amide bonds. The van der Waals surface area contributed by atoms with Gasteiger partial charge in [-0.05, 0) is 80.3 Å². The third kappa shape index (κ3) is 5.87. The quantitative estimate of drug-likeness (QED) is 0.340. The molecule has 5 heteroatoms. The maximum Gasteiger partial charge on any atom is 0.225 e. The average Bonchev–Trinajstić information content (AvgIpc) is 2.81. The molecule has 0 saturated carbocycles. The van der Waals surface area contributed by atoms with Crippen LogP contribution in [-0.4, -0.2) is 34.1 Å². The molecule has 0 aliphatic carbocycles. The summed E-state index contributed by atoms with van der Waals surface area (Å²) < 4.78 is 0. The first-order valence-corrected chi connectivity index (χ1v) is 13.1. The van der Waals surface area contributed by atoms with E-state index in [1.807, 2.05) is 62.4 Å². The Morgan fingerprint density at radius 1 is 1.18 bits per heavy atom. The smallest absolute Gasteiger partial charge is 0.225 e. The average molecular weight is 503 g/mol. The van der Waals surface area contributed by atoms with Crippen LogP contribution in [0.2, 0.25) is 10.0 Å². The highest BCUT2D eigenvalue weighted by molar-refractivity contribution is 6.30. The first-order chi connectivity index (χ1) is 16.2. The Morgan fingerprint density at radius 3 is 2.47 bits per heavy atom. The van der Waals surface area contributed by atoms with Crippen molar-refractivity contribution in [2.24, 2.45) is 5.92 Å². The summed E-state index contributed by atoms with van der Waals surface area (Å²) in [6.45, 7) is 10.8. The molecule has 3 rings (SSSR count). The Kier molecular flexibility index (Phi) is 9.26. The van der Waals surface area contributed by atoms with Crippen molar-refractivity contribution < 1.29 is 9.90 Å². The fraction of sp³-hybridized carbons (Fsp3) is 0.483. The molecule has 5 atom stereocenters. The van der Waals surface area contributed by atoms with Gasteiger partial charge in [-0.2, -0.15) is 0 Å². The lowest BCUT2D eigenvalue weighted by molar-refractivity contribution is -0.146. The van der Waals surface area contributed by atoms with Gasteiger partial charge in [-0.15, -0.1) is 6.58 Å². The number of piperidine rings is 1. The summed E-state index contributed by atoms with van der Waals surface area (Å²) in [5, 5.41) is 12.4. The van der Waals surface area contributed by atoms with Crippen LogP contribution in [0.5, 0.6) is 0 Å². The van der Waals surface area contributed by atoms with Crippen LogP contribution in [0, 0.1) is 5.92 Å². The highest BCUT2D eigenvalue weighted by Crippen LogP contribution is 2.46. The maximum atomic E-state index is 13.4. The van der Waals surface area contributed by atoms with Crippen molar-refractivity contribution in [2.75, 3.05) is 6.54 Å². The number of aliphatic hydroxyl groups excluding tert-OH is 1. The highest BCUT2D eigenvalue weighted by atomic mass is 35.5. The minimum Gasteiger partial charge on any atom is -0.393 e. The molecule has 1 N–H and O–H groups in total. The van der Waals surface area contributed by atoms with Gasteiger partial charge in [0.2, 0.25) is 5.91 Å². The SMILES string of the molecule is C=CC[C@@](CC)(C[C@@H](c1cccc(Cl)c1)[C@@H](c1ccc(Cl)cc1)C(C)O)N1CCCC(C)C1=O. The van der Waals surface area contributed by atoms with E-state index >= 15 is 0 Å². The van der Waals surface area contributed by atoms with Crippen LogP contribution < -0.4 is 0 Å². The van der Waals surface area contributed by atoms with Gasteiger partial charge in [0.05, 0.1) is 6.10 Å². The number of carbonyl (C=O) groups excluding carboxylic acids is 1. The Morgan fingerprint density at radius 2 is 1.88 bits per heavy atom. The molecule has 1 aliphatic heterocycles. The number of rotatable bonds is 10. The Hall–Kier alpha value is -1.81. The first kappa shape index (κ1) is 26.8. The Balaban J connectivity index is 2.14. The molecule has 34 heavy (non-hydrogen) atoms. The third-order valence-corrected chi connectivity index (χ3v) is 8.03. The fourth-order valence-electron chi connectivity index (χ4n) is 5.71. The van der Waals surface area contributed by atoms with Crippen LogP contribution in [0.4, 0.5) is 0 Å². The van der Waals surface area contributed by atoms with E-state index in [1.165, 1.54) is 0 Å². The first-order valence-electron chi connectivity index (χ1n) is 12.3. The van der Waals surface area contributed by atoms with Crippen molar-refractivity contribution in [1.29, 1.82) is 0 Å². The van der Waals surface area contributed by atoms with Crippen LogP contribution >= 0.6 is 23.2 Å². The zero-order valence-electron chi connectivity index (χ0n) is 20.5. The molecule has 1 fully saturated rings. The van der Waals surface area contributed by atoms with Gasteiger partial charge in [-0.1, -0.05) is 67.4 Å². The number of halogens is 2. The van der Waals surface area contributed by atoms with E-state index in [4.69, 9.17) is 23.2 Å². The van der Waals surface area contributed by atoms with Gasteiger partial charge < -0.3 is 10.0 Å². The number of hydrogen-bond acceptors (Lipinski definition) is 2. The van der Waals surface area contributed by atoms with E-state index < -0.39 is 6.10 Å². The number of benzene rings is 2. The number of nitrogens with zero attached hydrogens (tertiary/aromatic N) is 1. The van der Waals surface area contributed by atoms with Crippen molar-refractivity contribution in [3.05, 3.63) is 82.4 Å². The number of aliphatic hydroxyl groups is 1. The summed E-state index contributed by atoms with van der Waals surface area (Å²) in [5.41, 5.74) is 1.69. The van der Waals surface area contributed by atoms with Gasteiger partial charge in [-0.25, -0.2) is 0 Å². The maximum absolute atomic E-state index is 13.4. The van der Waals surface area contributed by atoms with Gasteiger partial charge in [0.15, 0.2) is 0 Å². The molecule has 2 aromatic rings. The summed E-state index contributed by atoms with van der Waals surface area (Å²) in [6, 6.07) is 15.6. The second-order valence-corrected chi connectivity index (χ2v) is 10.7. The predicted molar refractivity (Wildman–Crippen MR) is 143 cm³/mol. The van der Waals surface area contributed by atoms with E-state index in [9.17, 15) is 9.90 Å². The van der Waals surface area contributed by atoms with Crippen LogP contribution in [-0.2, 0) is 4.79 Å². The summed E-state index contributed by atoms with van der Waals surface area (Å²) >= 11 is 12.6. The lowest BCUT2D eigenvalue weighted by atomic mass is 9.69. The standard InChI is InChI=1S/C29H37Cl2NO2/c1-5-16-29(6-2,32-17-8-9-20(3)28(32)34)19-26(23-10-7-11-25(31)18-23)27(21(4)33)22-12-14-24(30)15-13-22/h5,7,10-15,18,20-21,26-27,33H,1,6,8-9,16-17,19H2,2-4H3/t20?,21?,26-,27+,29-/m0/s1. The van der Waals surface area contributed by atoms with E-state index in [2.05, 4.69) is 24.5 Å². The van der Waals surface area contributed by atoms with Crippen LogP contribution in [0.15, 0.2) is 61.2 Å². The van der Waals surface area contributed by atoms with E-state index in [0.29, 0.717) is 22.9 Å². The second-order valence-electron chi connectivity index (χ2n) is 9.79. The minimum atomic E-state index is -0.612. The third-order valence-electron chi connectivity index (χ3n) is 7.55. The monoisotopic (exact) mass is 501 g/mol. The van der Waals surface area contributed by atoms with Crippen LogP contribution in [0.1, 0.15) is 75.8 Å². The molecular formula is C29H37Cl2NO2. The van der Waals surface area contributed by atoms with Gasteiger partial charge in [-0.3, -0.25) is 4.79 Å². The van der Waals surface area contributed by atoms with E-state index in [1.54, 1.807) is 0 Å². The molecule has 1 saturated heterocycles. The second kappa shape index (κ2) is 11.7. The molecule has 184 valence electrons. The minimum absolute atomic E-state index is 0.0259. The molecular weight excluding hydrogens is 465 g/mol. The van der Waals surface area contributed by atoms with Gasteiger partial charge >= 0.3 is 0 Å². The molecule has 0 radical (unpaired) electrons. The zero-order valence-corrected chi connectivity index (χ0v) is 22.0. The van der Waals surface area contributed by atoms with Gasteiger partial charge in [0.1, 0.15) is 0 Å². The van der Waals surface area contributed by atoms with Crippen LogP contribution in [0.25, 0.3) is 0 Å². The fourth-order valence-corrected chi connectivity index (χ4v) is 6.03. The number of carbonyl (C=O) groups is 1. The van der Waals surface area contributed by atoms with Crippen molar-refractivity contribution in [3.63, 3.8) is 0 Å². The van der Waals surface area contributed by atoms with Crippen molar-refractivity contribution in [1.82, 2.24) is 4.90 Å². The normalized spacial score (nSPS) is 20.9. The van der Waals surface area contributed by atoms with Crippen LogP contribution in [0.3, 0.4) is 0 Å². The Bertz CT molecular complexity index is 974. The zero-order chi connectivity index (χ0) is 24.9. The van der Waals surface area contributed by atoms with Crippen molar-refractivity contribution in [2.45, 2.75) is 76.4 Å². The summed E-state index contributed by atoms with van der Waals surface area (Å²) in [6.07, 6.45) is 5.47. The topological polar surface area (TPSA) is 40.5 Å². The number of likely N-dealkylation sites (tertiary alicyclic amines) is 1. The van der Waals surface area contributed by atoms with Crippen molar-refractivity contribution in [3.8, 4) is 0 Å². The van der Waals surface area contributed by atoms with Gasteiger partial charge in [0, 0.05) is 34.0 Å². The summed E-state index contributed by atoms with van der Waals surface area (Å²) in [5.74, 6) is -0.00794. The lowest BCUT2D eigenvalue weighted by Gasteiger charge is -2.49. The summed E-state index contributed by atoms with van der Waals surface area (Å²) in [4.78, 5) is 15.5. The predicted octanol–water partition coefficient (Wildman–Crippen LogP) is 7.62. The van der Waals surface area contributed by atoms with Crippen molar-refractivity contribution >= 4 is 29.1 Å². The largest absolute Gasteiger partial charge is 0.393 e. The molecule has 2 aromatic carbocycles. The molecule has 1 heterocycles. The molecule has 3 nitrogen and oxygen atoms in total. The molecule has 0 bridgehead atoms.